The van der Waals surface area contributed by atoms with Gasteiger partial charge in [0, 0.05) is 41.9 Å². The largest absolute Gasteiger partial charge is 0.350 e. The van der Waals surface area contributed by atoms with Gasteiger partial charge in [0.15, 0.2) is 0 Å². The molecule has 0 spiro atoms. The van der Waals surface area contributed by atoms with E-state index in [-0.39, 0.29) is 23.9 Å². The second kappa shape index (κ2) is 9.87. The van der Waals surface area contributed by atoms with Crippen LogP contribution in [0.2, 0.25) is 5.02 Å². The normalized spacial score (nSPS) is 20.2. The highest BCUT2D eigenvalue weighted by molar-refractivity contribution is 6.31. The number of hydrogen-bond acceptors (Lipinski definition) is 3. The van der Waals surface area contributed by atoms with Crippen molar-refractivity contribution in [2.45, 2.75) is 44.3 Å². The first kappa shape index (κ1) is 23.2. The van der Waals surface area contributed by atoms with Crippen LogP contribution in [0.1, 0.15) is 41.6 Å². The molecular formula is C24H24ClF2N3O3. The summed E-state index contributed by atoms with van der Waals surface area (Å²) in [5.41, 5.74) is 0.578. The second-order valence-corrected chi connectivity index (χ2v) is 8.75. The van der Waals surface area contributed by atoms with Gasteiger partial charge in [0.25, 0.3) is 5.91 Å². The van der Waals surface area contributed by atoms with Crippen LogP contribution in [0.25, 0.3) is 0 Å². The summed E-state index contributed by atoms with van der Waals surface area (Å²) in [4.78, 5) is 42.3. The average molecular weight is 476 g/mol. The number of likely N-dealkylation sites (tertiary alicyclic amines) is 2. The van der Waals surface area contributed by atoms with E-state index in [1.54, 1.807) is 29.2 Å². The van der Waals surface area contributed by atoms with E-state index in [0.29, 0.717) is 49.4 Å². The van der Waals surface area contributed by atoms with Gasteiger partial charge < -0.3 is 15.1 Å². The first-order chi connectivity index (χ1) is 15.8. The predicted molar refractivity (Wildman–Crippen MR) is 118 cm³/mol. The number of carbonyl (C=O) groups excluding carboxylic acids is 3. The lowest BCUT2D eigenvalue weighted by atomic mass is 10.1. The number of halogens is 3. The molecule has 2 heterocycles. The van der Waals surface area contributed by atoms with E-state index in [4.69, 9.17) is 11.6 Å². The summed E-state index contributed by atoms with van der Waals surface area (Å²) in [5, 5.41) is 3.09. The summed E-state index contributed by atoms with van der Waals surface area (Å²) < 4.78 is 27.0. The van der Waals surface area contributed by atoms with Crippen LogP contribution in [-0.2, 0) is 16.1 Å². The number of rotatable bonds is 5. The summed E-state index contributed by atoms with van der Waals surface area (Å²) in [6, 6.07) is 8.44. The molecule has 2 fully saturated rings. The van der Waals surface area contributed by atoms with Gasteiger partial charge in [-0.15, -0.1) is 0 Å². The smallest absolute Gasteiger partial charge is 0.254 e. The Bertz CT molecular complexity index is 1080. The van der Waals surface area contributed by atoms with Gasteiger partial charge >= 0.3 is 0 Å². The Morgan fingerprint density at radius 3 is 2.42 bits per heavy atom. The molecule has 0 bridgehead atoms. The molecule has 0 aliphatic carbocycles. The zero-order valence-electron chi connectivity index (χ0n) is 17.9. The van der Waals surface area contributed by atoms with E-state index in [1.807, 2.05) is 0 Å². The van der Waals surface area contributed by atoms with Crippen molar-refractivity contribution in [3.8, 4) is 0 Å². The minimum atomic E-state index is -0.740. The SMILES string of the molecule is O=C(NCc1ccc(F)cc1F)[C@@H]1CCCN1C(=O)[C@@H]1CCCN1C(=O)c1cccc(Cl)c1. The maximum Gasteiger partial charge on any atom is 0.254 e. The molecule has 2 saturated heterocycles. The number of carbonyl (C=O) groups is 3. The predicted octanol–water partition coefficient (Wildman–Crippen LogP) is 3.53. The Balaban J connectivity index is 1.43. The molecule has 174 valence electrons. The molecular weight excluding hydrogens is 452 g/mol. The van der Waals surface area contributed by atoms with Crippen LogP contribution < -0.4 is 5.32 Å². The fourth-order valence-electron chi connectivity index (χ4n) is 4.51. The third-order valence-electron chi connectivity index (χ3n) is 6.18. The summed E-state index contributed by atoms with van der Waals surface area (Å²) in [5.74, 6) is -2.34. The summed E-state index contributed by atoms with van der Waals surface area (Å²) in [6.07, 6.45) is 2.36. The minimum absolute atomic E-state index is 0.105. The van der Waals surface area contributed by atoms with E-state index in [0.717, 1.165) is 12.1 Å². The van der Waals surface area contributed by atoms with Crippen LogP contribution in [-0.4, -0.2) is 52.7 Å². The molecule has 2 aliphatic heterocycles. The molecule has 0 unspecified atom stereocenters. The molecule has 2 aliphatic rings. The lowest BCUT2D eigenvalue weighted by molar-refractivity contribution is -0.141. The maximum atomic E-state index is 13.9. The van der Waals surface area contributed by atoms with Crippen LogP contribution in [0.3, 0.4) is 0 Å². The monoisotopic (exact) mass is 475 g/mol. The third kappa shape index (κ3) is 5.00. The highest BCUT2D eigenvalue weighted by atomic mass is 35.5. The van der Waals surface area contributed by atoms with Crippen molar-refractivity contribution in [3.05, 3.63) is 70.2 Å². The van der Waals surface area contributed by atoms with Crippen LogP contribution >= 0.6 is 11.6 Å². The van der Waals surface area contributed by atoms with Gasteiger partial charge in [-0.05, 0) is 49.9 Å². The molecule has 0 radical (unpaired) electrons. The Kier molecular flexibility index (Phi) is 6.93. The number of nitrogens with one attached hydrogen (secondary N) is 1. The van der Waals surface area contributed by atoms with Gasteiger partial charge in [0.1, 0.15) is 23.7 Å². The average Bonchev–Trinajstić information content (AvgIpc) is 3.47. The molecule has 33 heavy (non-hydrogen) atoms. The molecule has 2 aromatic carbocycles. The Morgan fingerprint density at radius 1 is 0.970 bits per heavy atom. The molecule has 1 N–H and O–H groups in total. The quantitative estimate of drug-likeness (QED) is 0.719. The van der Waals surface area contributed by atoms with Gasteiger partial charge in [0.2, 0.25) is 11.8 Å². The van der Waals surface area contributed by atoms with Gasteiger partial charge in [-0.1, -0.05) is 23.7 Å². The molecule has 6 nitrogen and oxygen atoms in total. The molecule has 4 rings (SSSR count). The fraction of sp³-hybridized carbons (Fsp3) is 0.375. The van der Waals surface area contributed by atoms with Crippen molar-refractivity contribution in [2.24, 2.45) is 0 Å². The van der Waals surface area contributed by atoms with Crippen molar-refractivity contribution in [2.75, 3.05) is 13.1 Å². The molecule has 3 amide bonds. The van der Waals surface area contributed by atoms with Gasteiger partial charge in [-0.25, -0.2) is 8.78 Å². The van der Waals surface area contributed by atoms with Gasteiger partial charge in [0.05, 0.1) is 0 Å². The van der Waals surface area contributed by atoms with Gasteiger partial charge in [-0.2, -0.15) is 0 Å². The van der Waals surface area contributed by atoms with E-state index >= 15 is 0 Å². The standard InChI is InChI=1S/C24H24ClF2N3O3/c25-17-5-1-4-15(12-17)23(32)30-11-3-7-21(30)24(33)29-10-2-6-20(29)22(31)28-14-16-8-9-18(26)13-19(16)27/h1,4-5,8-9,12-13,20-21H,2-3,6-7,10-11,14H2,(H,28,31)/t20-,21-/m0/s1. The highest BCUT2D eigenvalue weighted by Gasteiger charge is 2.42. The highest BCUT2D eigenvalue weighted by Crippen LogP contribution is 2.27. The maximum absolute atomic E-state index is 13.9. The van der Waals surface area contributed by atoms with Crippen molar-refractivity contribution >= 4 is 29.3 Å². The van der Waals surface area contributed by atoms with Crippen molar-refractivity contribution in [1.82, 2.24) is 15.1 Å². The molecule has 9 heteroatoms. The zero-order valence-corrected chi connectivity index (χ0v) is 18.7. The Hall–Kier alpha value is -3.00. The third-order valence-corrected chi connectivity index (χ3v) is 6.41. The molecule has 0 aromatic heterocycles. The number of benzene rings is 2. The van der Waals surface area contributed by atoms with E-state index < -0.39 is 29.6 Å². The Labute approximate surface area is 195 Å². The lowest BCUT2D eigenvalue weighted by Crippen LogP contribution is -2.52. The van der Waals surface area contributed by atoms with Crippen LogP contribution in [0.15, 0.2) is 42.5 Å². The van der Waals surface area contributed by atoms with E-state index in [1.165, 1.54) is 11.0 Å². The van der Waals surface area contributed by atoms with Crippen LogP contribution in [0.4, 0.5) is 8.78 Å². The van der Waals surface area contributed by atoms with Crippen LogP contribution in [0, 0.1) is 11.6 Å². The summed E-state index contributed by atoms with van der Waals surface area (Å²) in [7, 11) is 0. The number of nitrogens with zero attached hydrogens (tertiary/aromatic N) is 2. The van der Waals surface area contributed by atoms with Crippen LogP contribution in [0.5, 0.6) is 0 Å². The van der Waals surface area contributed by atoms with E-state index in [9.17, 15) is 23.2 Å². The molecule has 2 atom stereocenters. The number of hydrogen-bond donors (Lipinski definition) is 1. The lowest BCUT2D eigenvalue weighted by Gasteiger charge is -2.31. The summed E-state index contributed by atoms with van der Waals surface area (Å²) in [6.45, 7) is 0.764. The molecule has 0 saturated carbocycles. The summed E-state index contributed by atoms with van der Waals surface area (Å²) >= 11 is 6.01. The topological polar surface area (TPSA) is 69.7 Å². The van der Waals surface area contributed by atoms with Crippen molar-refractivity contribution < 1.29 is 23.2 Å². The van der Waals surface area contributed by atoms with Crippen molar-refractivity contribution in [1.29, 1.82) is 0 Å². The zero-order chi connectivity index (χ0) is 23.5. The second-order valence-electron chi connectivity index (χ2n) is 8.31. The first-order valence-electron chi connectivity index (χ1n) is 10.9. The fourth-order valence-corrected chi connectivity index (χ4v) is 4.70. The van der Waals surface area contributed by atoms with Crippen molar-refractivity contribution in [3.63, 3.8) is 0 Å². The number of amides is 3. The minimum Gasteiger partial charge on any atom is -0.350 e. The van der Waals surface area contributed by atoms with E-state index in [2.05, 4.69) is 5.32 Å². The van der Waals surface area contributed by atoms with Gasteiger partial charge in [-0.3, -0.25) is 14.4 Å². The first-order valence-corrected chi connectivity index (χ1v) is 11.3. The Morgan fingerprint density at radius 2 is 1.70 bits per heavy atom. The molecule has 2 aromatic rings.